The van der Waals surface area contributed by atoms with Gasteiger partial charge < -0.3 is 24.1 Å². The van der Waals surface area contributed by atoms with Gasteiger partial charge in [0.15, 0.2) is 17.3 Å². The molecule has 3 rings (SSSR count). The van der Waals surface area contributed by atoms with Gasteiger partial charge in [0.2, 0.25) is 5.75 Å². The molecule has 1 N–H and O–H groups in total. The van der Waals surface area contributed by atoms with Gasteiger partial charge in [-0.3, -0.25) is 4.79 Å². The first-order valence-corrected chi connectivity index (χ1v) is 10.3. The summed E-state index contributed by atoms with van der Waals surface area (Å²) >= 11 is 0. The Labute approximate surface area is 173 Å². The van der Waals surface area contributed by atoms with Gasteiger partial charge in [-0.25, -0.2) is 0 Å². The number of aromatic nitrogens is 1. The van der Waals surface area contributed by atoms with E-state index in [2.05, 4.69) is 23.7 Å². The highest BCUT2D eigenvalue weighted by molar-refractivity contribution is 6.00. The summed E-state index contributed by atoms with van der Waals surface area (Å²) < 4.78 is 18.5. The molecule has 0 spiro atoms. The van der Waals surface area contributed by atoms with E-state index in [1.165, 1.54) is 37.8 Å². The topological polar surface area (TPSA) is 61.7 Å². The van der Waals surface area contributed by atoms with E-state index in [0.717, 1.165) is 16.9 Å². The maximum Gasteiger partial charge on any atom is 0.203 e. The van der Waals surface area contributed by atoms with E-state index in [1.807, 2.05) is 6.07 Å². The monoisotopic (exact) mass is 400 g/mol. The van der Waals surface area contributed by atoms with Crippen LogP contribution in [-0.2, 0) is 0 Å². The third kappa shape index (κ3) is 4.36. The van der Waals surface area contributed by atoms with Crippen molar-refractivity contribution in [2.24, 2.45) is 0 Å². The average Bonchev–Trinajstić information content (AvgIpc) is 3.05. The molecule has 1 aromatic heterocycles. The Morgan fingerprint density at radius 3 is 2.17 bits per heavy atom. The predicted octanol–water partition coefficient (Wildman–Crippen LogP) is 4.93. The molecule has 6 heteroatoms. The molecule has 0 amide bonds. The van der Waals surface area contributed by atoms with Crippen molar-refractivity contribution in [3.05, 3.63) is 35.2 Å². The summed E-state index contributed by atoms with van der Waals surface area (Å²) in [5.41, 5.74) is 3.79. The fraction of sp³-hybridized carbons (Fsp3) is 0.522. The number of aryl methyl sites for hydroxylation is 1. The number of hydrogen-bond donors (Lipinski definition) is 1. The van der Waals surface area contributed by atoms with Crippen LogP contribution in [0, 0.1) is 13.8 Å². The summed E-state index contributed by atoms with van der Waals surface area (Å²) in [6.07, 6.45) is 6.27. The Balaban J connectivity index is 1.76. The number of rotatable bonds is 8. The lowest BCUT2D eigenvalue weighted by atomic mass is 9.95. The molecule has 0 aliphatic heterocycles. The molecule has 1 aliphatic rings. The Bertz CT molecular complexity index is 841. The predicted molar refractivity (Wildman–Crippen MR) is 115 cm³/mol. The van der Waals surface area contributed by atoms with Crippen molar-refractivity contribution in [3.8, 4) is 17.2 Å². The van der Waals surface area contributed by atoms with Gasteiger partial charge in [-0.05, 0) is 32.8 Å². The molecule has 0 saturated heterocycles. The van der Waals surface area contributed by atoms with E-state index in [4.69, 9.17) is 14.2 Å². The van der Waals surface area contributed by atoms with Crippen LogP contribution in [0.2, 0.25) is 0 Å². The number of hydrogen-bond acceptors (Lipinski definition) is 5. The number of nitrogens with zero attached hydrogens (tertiary/aromatic N) is 1. The zero-order chi connectivity index (χ0) is 21.0. The van der Waals surface area contributed by atoms with Gasteiger partial charge in [0.25, 0.3) is 0 Å². The second-order valence-corrected chi connectivity index (χ2v) is 7.64. The highest BCUT2D eigenvalue weighted by atomic mass is 16.5. The average molecular weight is 401 g/mol. The quantitative estimate of drug-likeness (QED) is 0.637. The fourth-order valence-electron chi connectivity index (χ4n) is 4.42. The molecule has 2 aromatic rings. The van der Waals surface area contributed by atoms with Gasteiger partial charge in [-0.15, -0.1) is 0 Å². The van der Waals surface area contributed by atoms with Crippen LogP contribution in [0.5, 0.6) is 17.2 Å². The summed E-state index contributed by atoms with van der Waals surface area (Å²) in [5.74, 6) is 1.71. The van der Waals surface area contributed by atoms with Crippen LogP contribution in [0.25, 0.3) is 0 Å². The number of carbonyl (C=O) groups excluding carboxylic acids is 1. The summed E-state index contributed by atoms with van der Waals surface area (Å²) in [7, 11) is 4.72. The largest absolute Gasteiger partial charge is 0.493 e. The van der Waals surface area contributed by atoms with E-state index < -0.39 is 0 Å². The third-order valence-corrected chi connectivity index (χ3v) is 5.84. The summed E-state index contributed by atoms with van der Waals surface area (Å²) in [6, 6.07) is 6.16. The van der Waals surface area contributed by atoms with Crippen molar-refractivity contribution in [3.63, 3.8) is 0 Å². The van der Waals surface area contributed by atoms with Crippen LogP contribution < -0.4 is 19.5 Å². The lowest BCUT2D eigenvalue weighted by Gasteiger charge is -2.26. The van der Waals surface area contributed by atoms with Gasteiger partial charge in [-0.2, -0.15) is 0 Å². The third-order valence-electron chi connectivity index (χ3n) is 5.84. The highest BCUT2D eigenvalue weighted by Gasteiger charge is 2.22. The van der Waals surface area contributed by atoms with Crippen LogP contribution >= 0.6 is 0 Å². The summed E-state index contributed by atoms with van der Waals surface area (Å²) in [4.78, 5) is 13.0. The van der Waals surface area contributed by atoms with Gasteiger partial charge in [0.1, 0.15) is 0 Å². The van der Waals surface area contributed by atoms with E-state index in [1.54, 1.807) is 33.5 Å². The van der Waals surface area contributed by atoms with Crippen molar-refractivity contribution in [2.45, 2.75) is 52.0 Å². The number of methoxy groups -OCH3 is 3. The summed E-state index contributed by atoms with van der Waals surface area (Å²) in [6.45, 7) is 4.37. The lowest BCUT2D eigenvalue weighted by molar-refractivity contribution is 0.100. The Morgan fingerprint density at radius 1 is 1.00 bits per heavy atom. The molecule has 0 bridgehead atoms. The Hall–Kier alpha value is -2.63. The number of nitrogens with one attached hydrogen (secondary N) is 1. The van der Waals surface area contributed by atoms with Crippen LogP contribution in [0.1, 0.15) is 59.9 Å². The normalized spacial score (nSPS) is 14.5. The second kappa shape index (κ2) is 9.25. The van der Waals surface area contributed by atoms with E-state index in [-0.39, 0.29) is 12.3 Å². The van der Waals surface area contributed by atoms with Crippen molar-refractivity contribution < 1.29 is 19.0 Å². The van der Waals surface area contributed by atoms with Crippen LogP contribution in [0.15, 0.2) is 18.2 Å². The first-order valence-electron chi connectivity index (χ1n) is 10.3. The molecule has 0 radical (unpaired) electrons. The maximum absolute atomic E-state index is 13.0. The molecule has 1 saturated carbocycles. The molecule has 1 aliphatic carbocycles. The standard InChI is InChI=1S/C23H32N2O4/c1-15-11-19(16(2)25(15)18-9-7-6-8-10-18)20(26)14-24-17-12-21(27-3)23(29-5)22(13-17)28-4/h11-13,18,24H,6-10,14H2,1-5H3. The zero-order valence-electron chi connectivity index (χ0n) is 18.1. The van der Waals surface area contributed by atoms with Crippen LogP contribution in [0.4, 0.5) is 5.69 Å². The van der Waals surface area contributed by atoms with E-state index in [0.29, 0.717) is 23.3 Å². The number of Topliss-reactive ketones (excluding diaryl/α,β-unsaturated/α-hetero) is 1. The van der Waals surface area contributed by atoms with Crippen LogP contribution in [-0.4, -0.2) is 38.2 Å². The minimum absolute atomic E-state index is 0.0777. The highest BCUT2D eigenvalue weighted by Crippen LogP contribution is 2.40. The van der Waals surface area contributed by atoms with E-state index in [9.17, 15) is 4.79 Å². The first kappa shape index (κ1) is 21.1. The van der Waals surface area contributed by atoms with E-state index >= 15 is 0 Å². The lowest BCUT2D eigenvalue weighted by Crippen LogP contribution is -2.18. The Kier molecular flexibility index (Phi) is 6.72. The minimum atomic E-state index is 0.0777. The second-order valence-electron chi connectivity index (χ2n) is 7.64. The van der Waals surface area contributed by atoms with Gasteiger partial charge in [0.05, 0.1) is 27.9 Å². The van der Waals surface area contributed by atoms with Crippen molar-refractivity contribution in [2.75, 3.05) is 33.2 Å². The molecule has 1 fully saturated rings. The molecule has 158 valence electrons. The number of anilines is 1. The van der Waals surface area contributed by atoms with Crippen molar-refractivity contribution in [1.82, 2.24) is 4.57 Å². The molecule has 1 heterocycles. The Morgan fingerprint density at radius 2 is 1.62 bits per heavy atom. The van der Waals surface area contributed by atoms with Crippen molar-refractivity contribution >= 4 is 11.5 Å². The smallest absolute Gasteiger partial charge is 0.203 e. The summed E-state index contributed by atoms with van der Waals surface area (Å²) in [5, 5.41) is 3.20. The first-order chi connectivity index (χ1) is 14.0. The van der Waals surface area contributed by atoms with Crippen molar-refractivity contribution in [1.29, 1.82) is 0 Å². The number of benzene rings is 1. The maximum atomic E-state index is 13.0. The fourth-order valence-corrected chi connectivity index (χ4v) is 4.42. The van der Waals surface area contributed by atoms with Gasteiger partial charge in [-0.1, -0.05) is 19.3 Å². The number of ether oxygens (including phenoxy) is 3. The molecule has 0 atom stereocenters. The van der Waals surface area contributed by atoms with Crippen LogP contribution in [0.3, 0.4) is 0 Å². The minimum Gasteiger partial charge on any atom is -0.493 e. The molecule has 1 aromatic carbocycles. The number of carbonyl (C=O) groups is 1. The molecule has 29 heavy (non-hydrogen) atoms. The molecule has 6 nitrogen and oxygen atoms in total. The number of ketones is 1. The molecular formula is C23H32N2O4. The molecule has 0 unspecified atom stereocenters. The van der Waals surface area contributed by atoms with Gasteiger partial charge >= 0.3 is 0 Å². The molecular weight excluding hydrogens is 368 g/mol. The SMILES string of the molecule is COc1cc(NCC(=O)c2cc(C)n(C3CCCCC3)c2C)cc(OC)c1OC. The van der Waals surface area contributed by atoms with Gasteiger partial charge in [0, 0.05) is 40.8 Å². The zero-order valence-corrected chi connectivity index (χ0v) is 18.1.